The van der Waals surface area contributed by atoms with Gasteiger partial charge in [0.05, 0.1) is 6.10 Å². The Morgan fingerprint density at radius 2 is 2.06 bits per heavy atom. The first-order chi connectivity index (χ1) is 8.45. The van der Waals surface area contributed by atoms with Crippen LogP contribution in [0.4, 0.5) is 14.5 Å². The molecule has 0 aromatic heterocycles. The predicted molar refractivity (Wildman–Crippen MR) is 67.6 cm³/mol. The third kappa shape index (κ3) is 2.34. The van der Waals surface area contributed by atoms with Crippen LogP contribution in [0.2, 0.25) is 0 Å². The maximum Gasteiger partial charge on any atom is 0.160 e. The van der Waals surface area contributed by atoms with Crippen LogP contribution in [0.25, 0.3) is 0 Å². The summed E-state index contributed by atoms with van der Waals surface area (Å²) >= 11 is 0. The van der Waals surface area contributed by atoms with E-state index in [1.807, 2.05) is 6.92 Å². The van der Waals surface area contributed by atoms with Gasteiger partial charge in [0, 0.05) is 29.8 Å². The fraction of sp³-hybridized carbons (Fsp3) is 0.571. The minimum atomic E-state index is -0.821. The van der Waals surface area contributed by atoms with Gasteiger partial charge in [-0.25, -0.2) is 8.78 Å². The quantitative estimate of drug-likeness (QED) is 0.888. The molecule has 1 saturated carbocycles. The summed E-state index contributed by atoms with van der Waals surface area (Å²) in [7, 11) is 0. The van der Waals surface area contributed by atoms with Gasteiger partial charge in [-0.05, 0) is 25.5 Å². The van der Waals surface area contributed by atoms with Crippen molar-refractivity contribution in [3.63, 3.8) is 0 Å². The lowest BCUT2D eigenvalue weighted by Crippen LogP contribution is -2.58. The number of halogens is 2. The Labute approximate surface area is 106 Å². The van der Waals surface area contributed by atoms with Crippen LogP contribution in [0, 0.1) is 17.0 Å². The average molecular weight is 255 g/mol. The Bertz CT molecular complexity index is 434. The lowest BCUT2D eigenvalue weighted by Gasteiger charge is -2.52. The summed E-state index contributed by atoms with van der Waals surface area (Å²) < 4.78 is 31.6. The highest BCUT2D eigenvalue weighted by Gasteiger charge is 2.48. The van der Waals surface area contributed by atoms with Crippen LogP contribution in [0.5, 0.6) is 0 Å². The number of nitrogens with one attached hydrogen (secondary N) is 1. The van der Waals surface area contributed by atoms with Crippen LogP contribution in [0.15, 0.2) is 18.2 Å². The molecule has 1 aliphatic rings. The van der Waals surface area contributed by atoms with Gasteiger partial charge in [0.1, 0.15) is 0 Å². The SMILES string of the molecule is CCOC1CC(Nc2ccc(F)c(F)c2)C1(C)C. The van der Waals surface area contributed by atoms with Crippen molar-refractivity contribution < 1.29 is 13.5 Å². The highest BCUT2D eigenvalue weighted by atomic mass is 19.2. The Hall–Kier alpha value is -1.16. The molecule has 1 aliphatic carbocycles. The van der Waals surface area contributed by atoms with Crippen molar-refractivity contribution in [2.45, 2.75) is 39.3 Å². The van der Waals surface area contributed by atoms with Crippen molar-refractivity contribution in [1.82, 2.24) is 0 Å². The fourth-order valence-electron chi connectivity index (χ4n) is 2.40. The second kappa shape index (κ2) is 4.84. The fourth-order valence-corrected chi connectivity index (χ4v) is 2.40. The molecule has 2 unspecified atom stereocenters. The minimum Gasteiger partial charge on any atom is -0.381 e. The number of rotatable bonds is 4. The molecule has 1 N–H and O–H groups in total. The van der Waals surface area contributed by atoms with Gasteiger partial charge in [0.25, 0.3) is 0 Å². The number of ether oxygens (including phenoxy) is 1. The summed E-state index contributed by atoms with van der Waals surface area (Å²) in [6, 6.07) is 4.12. The molecule has 0 bridgehead atoms. The third-order valence-corrected chi connectivity index (χ3v) is 3.81. The van der Waals surface area contributed by atoms with Crippen LogP contribution in [0.3, 0.4) is 0 Å². The van der Waals surface area contributed by atoms with Crippen LogP contribution in [-0.2, 0) is 4.74 Å². The summed E-state index contributed by atoms with van der Waals surface area (Å²) in [5, 5.41) is 3.24. The molecular formula is C14H19F2NO. The van der Waals surface area contributed by atoms with E-state index in [1.165, 1.54) is 6.07 Å². The molecule has 1 aromatic carbocycles. The molecule has 0 spiro atoms. The molecule has 0 amide bonds. The molecule has 100 valence electrons. The summed E-state index contributed by atoms with van der Waals surface area (Å²) in [6.07, 6.45) is 1.12. The van der Waals surface area contributed by atoms with Gasteiger partial charge in [-0.15, -0.1) is 0 Å². The molecule has 2 rings (SSSR count). The maximum absolute atomic E-state index is 13.1. The second-order valence-electron chi connectivity index (χ2n) is 5.33. The largest absolute Gasteiger partial charge is 0.381 e. The third-order valence-electron chi connectivity index (χ3n) is 3.81. The summed E-state index contributed by atoms with van der Waals surface area (Å²) in [5.74, 6) is -1.64. The van der Waals surface area contributed by atoms with Crippen molar-refractivity contribution in [3.05, 3.63) is 29.8 Å². The van der Waals surface area contributed by atoms with E-state index < -0.39 is 11.6 Å². The van der Waals surface area contributed by atoms with Crippen molar-refractivity contribution in [1.29, 1.82) is 0 Å². The van der Waals surface area contributed by atoms with E-state index >= 15 is 0 Å². The Morgan fingerprint density at radius 3 is 2.61 bits per heavy atom. The van der Waals surface area contributed by atoms with Crippen molar-refractivity contribution in [2.75, 3.05) is 11.9 Å². The van der Waals surface area contributed by atoms with E-state index in [-0.39, 0.29) is 17.6 Å². The van der Waals surface area contributed by atoms with Gasteiger partial charge < -0.3 is 10.1 Å². The monoisotopic (exact) mass is 255 g/mol. The Kier molecular flexibility index (Phi) is 3.57. The Morgan fingerprint density at radius 1 is 1.33 bits per heavy atom. The van der Waals surface area contributed by atoms with E-state index in [9.17, 15) is 8.78 Å². The zero-order valence-electron chi connectivity index (χ0n) is 11.0. The zero-order valence-corrected chi connectivity index (χ0v) is 11.0. The normalized spacial score (nSPS) is 25.6. The molecule has 1 aromatic rings. The van der Waals surface area contributed by atoms with Crippen LogP contribution in [-0.4, -0.2) is 18.8 Å². The van der Waals surface area contributed by atoms with Crippen LogP contribution in [0.1, 0.15) is 27.2 Å². The van der Waals surface area contributed by atoms with Crippen LogP contribution >= 0.6 is 0 Å². The minimum absolute atomic E-state index is 0.000865. The Balaban J connectivity index is 2.01. The molecule has 18 heavy (non-hydrogen) atoms. The summed E-state index contributed by atoms with van der Waals surface area (Å²) in [6.45, 7) is 6.92. The molecule has 1 fully saturated rings. The predicted octanol–water partition coefficient (Wildman–Crippen LogP) is 3.58. The number of hydrogen-bond acceptors (Lipinski definition) is 2. The molecule has 2 nitrogen and oxygen atoms in total. The van der Waals surface area contributed by atoms with Crippen molar-refractivity contribution in [2.24, 2.45) is 5.41 Å². The standard InChI is InChI=1S/C14H19F2NO/c1-4-18-13-8-12(14(13,2)3)17-9-5-6-10(15)11(16)7-9/h5-7,12-13,17H,4,8H2,1-3H3. The molecule has 0 radical (unpaired) electrons. The van der Waals surface area contributed by atoms with Crippen molar-refractivity contribution >= 4 is 5.69 Å². The molecule has 0 aliphatic heterocycles. The van der Waals surface area contributed by atoms with Gasteiger partial charge >= 0.3 is 0 Å². The number of hydrogen-bond donors (Lipinski definition) is 1. The zero-order chi connectivity index (χ0) is 13.3. The van der Waals surface area contributed by atoms with Gasteiger partial charge in [0.2, 0.25) is 0 Å². The smallest absolute Gasteiger partial charge is 0.160 e. The first-order valence-corrected chi connectivity index (χ1v) is 6.28. The lowest BCUT2D eigenvalue weighted by molar-refractivity contribution is -0.0976. The molecule has 2 atom stereocenters. The maximum atomic E-state index is 13.1. The second-order valence-corrected chi connectivity index (χ2v) is 5.33. The van der Waals surface area contributed by atoms with E-state index in [1.54, 1.807) is 6.07 Å². The van der Waals surface area contributed by atoms with E-state index in [0.29, 0.717) is 12.3 Å². The van der Waals surface area contributed by atoms with Gasteiger partial charge in [-0.3, -0.25) is 0 Å². The molecule has 0 saturated heterocycles. The highest BCUT2D eigenvalue weighted by Crippen LogP contribution is 2.44. The molecular weight excluding hydrogens is 236 g/mol. The average Bonchev–Trinajstić information content (AvgIpc) is 2.32. The first-order valence-electron chi connectivity index (χ1n) is 6.28. The van der Waals surface area contributed by atoms with Gasteiger partial charge in [-0.2, -0.15) is 0 Å². The van der Waals surface area contributed by atoms with Crippen LogP contribution < -0.4 is 5.32 Å². The summed E-state index contributed by atoms with van der Waals surface area (Å²) in [5.41, 5.74) is 0.614. The first kappa shape index (κ1) is 13.3. The number of anilines is 1. The molecule has 4 heteroatoms. The molecule has 0 heterocycles. The lowest BCUT2D eigenvalue weighted by atomic mass is 9.64. The summed E-state index contributed by atoms with van der Waals surface area (Å²) in [4.78, 5) is 0. The van der Waals surface area contributed by atoms with E-state index in [4.69, 9.17) is 4.74 Å². The van der Waals surface area contributed by atoms with E-state index in [2.05, 4.69) is 19.2 Å². The van der Waals surface area contributed by atoms with Gasteiger partial charge in [-0.1, -0.05) is 13.8 Å². The van der Waals surface area contributed by atoms with Gasteiger partial charge in [0.15, 0.2) is 11.6 Å². The van der Waals surface area contributed by atoms with Crippen molar-refractivity contribution in [3.8, 4) is 0 Å². The highest BCUT2D eigenvalue weighted by molar-refractivity contribution is 5.45. The topological polar surface area (TPSA) is 21.3 Å². The van der Waals surface area contributed by atoms with E-state index in [0.717, 1.165) is 12.5 Å². The number of benzene rings is 1.